The Morgan fingerprint density at radius 1 is 1.36 bits per heavy atom. The predicted molar refractivity (Wildman–Crippen MR) is 110 cm³/mol. The highest BCUT2D eigenvalue weighted by molar-refractivity contribution is 8.00. The number of aromatic nitrogens is 1. The minimum absolute atomic E-state index is 0.0254. The van der Waals surface area contributed by atoms with E-state index in [0.717, 1.165) is 16.0 Å². The topological polar surface area (TPSA) is 73.1 Å². The number of amides is 2. The maximum absolute atomic E-state index is 12.3. The quantitative estimate of drug-likeness (QED) is 0.661. The number of fused-ring (bicyclic) bond motifs is 1. The normalized spacial score (nSPS) is 14.9. The van der Waals surface area contributed by atoms with Crippen molar-refractivity contribution in [2.75, 3.05) is 44.9 Å². The Morgan fingerprint density at radius 2 is 2.14 bits per heavy atom. The van der Waals surface area contributed by atoms with Gasteiger partial charge in [0.2, 0.25) is 5.91 Å². The molecule has 0 radical (unpaired) electrons. The van der Waals surface area contributed by atoms with E-state index in [4.69, 9.17) is 15.9 Å². The van der Waals surface area contributed by atoms with Crippen molar-refractivity contribution in [3.05, 3.63) is 23.0 Å². The summed E-state index contributed by atoms with van der Waals surface area (Å²) in [5.74, 6) is 3.47. The van der Waals surface area contributed by atoms with Gasteiger partial charge in [-0.1, -0.05) is 17.3 Å². The lowest BCUT2D eigenvalue weighted by Crippen LogP contribution is -2.41. The average Bonchev–Trinajstić information content (AvgIpc) is 3.05. The van der Waals surface area contributed by atoms with Crippen molar-refractivity contribution >= 4 is 45.1 Å². The number of terminal acetylenes is 1. The third kappa shape index (κ3) is 4.95. The fourth-order valence-corrected chi connectivity index (χ4v) is 4.55. The van der Waals surface area contributed by atoms with Crippen LogP contribution in [0.1, 0.15) is 0 Å². The number of carbonyl (C=O) groups excluding carboxylic acids is 2. The van der Waals surface area contributed by atoms with Crippen LogP contribution in [0.4, 0.5) is 0 Å². The fourth-order valence-electron chi connectivity index (χ4n) is 2.78. The lowest BCUT2D eigenvalue weighted by atomic mass is 10.3. The van der Waals surface area contributed by atoms with Gasteiger partial charge >= 0.3 is 0 Å². The van der Waals surface area contributed by atoms with Crippen LogP contribution in [0.3, 0.4) is 0 Å². The Morgan fingerprint density at radius 3 is 2.86 bits per heavy atom. The average molecular weight is 420 g/mol. The smallest absolute Gasteiger partial charge is 0.258 e. The van der Waals surface area contributed by atoms with Crippen LogP contribution >= 0.6 is 23.1 Å². The largest absolute Gasteiger partial charge is 0.497 e. The van der Waals surface area contributed by atoms with Crippen LogP contribution in [0, 0.1) is 12.3 Å². The van der Waals surface area contributed by atoms with E-state index < -0.39 is 0 Å². The zero-order chi connectivity index (χ0) is 19.9. The molecule has 1 aliphatic heterocycles. The lowest BCUT2D eigenvalue weighted by molar-refractivity contribution is -0.132. The number of rotatable bonds is 6. The molecule has 1 saturated heterocycles. The van der Waals surface area contributed by atoms with E-state index in [2.05, 4.69) is 10.9 Å². The van der Waals surface area contributed by atoms with Crippen molar-refractivity contribution in [2.45, 2.75) is 6.54 Å². The van der Waals surface area contributed by atoms with Crippen LogP contribution in [0.5, 0.6) is 5.75 Å². The molecular formula is C19H21N3O4S2. The van der Waals surface area contributed by atoms with E-state index in [9.17, 15) is 9.59 Å². The molecule has 1 aromatic carbocycles. The van der Waals surface area contributed by atoms with Gasteiger partial charge in [-0.2, -0.15) is 4.99 Å². The van der Waals surface area contributed by atoms with Crippen molar-refractivity contribution in [1.82, 2.24) is 9.47 Å². The molecule has 1 aliphatic rings. The van der Waals surface area contributed by atoms with Gasteiger partial charge in [0.15, 0.2) is 4.80 Å². The number of benzene rings is 1. The van der Waals surface area contributed by atoms with Crippen LogP contribution in [-0.4, -0.2) is 66.2 Å². The first-order chi connectivity index (χ1) is 13.6. The lowest BCUT2D eigenvalue weighted by Gasteiger charge is -2.26. The summed E-state index contributed by atoms with van der Waals surface area (Å²) in [6.45, 7) is 2.67. The number of hydrogen-bond donors (Lipinski definition) is 0. The van der Waals surface area contributed by atoms with Crippen LogP contribution < -0.4 is 9.54 Å². The Bertz CT molecular complexity index is 968. The molecule has 0 atom stereocenters. The summed E-state index contributed by atoms with van der Waals surface area (Å²) in [5.41, 5.74) is 0.908. The highest BCUT2D eigenvalue weighted by Gasteiger charge is 2.17. The summed E-state index contributed by atoms with van der Waals surface area (Å²) >= 11 is 2.66. The molecule has 2 heterocycles. The molecule has 3 rings (SSSR count). The zero-order valence-electron chi connectivity index (χ0n) is 15.6. The van der Waals surface area contributed by atoms with Gasteiger partial charge in [0.25, 0.3) is 5.91 Å². The number of ether oxygens (including phenoxy) is 2. The summed E-state index contributed by atoms with van der Waals surface area (Å²) in [5, 5.41) is 0. The highest BCUT2D eigenvalue weighted by atomic mass is 32.2. The molecule has 7 nitrogen and oxygen atoms in total. The molecule has 9 heteroatoms. The summed E-state index contributed by atoms with van der Waals surface area (Å²) in [6, 6.07) is 5.65. The second-order valence-corrected chi connectivity index (χ2v) is 7.99. The van der Waals surface area contributed by atoms with E-state index in [-0.39, 0.29) is 23.3 Å². The predicted octanol–water partition coefficient (Wildman–Crippen LogP) is 1.36. The molecule has 28 heavy (non-hydrogen) atoms. The minimum atomic E-state index is -0.288. The Hall–Kier alpha value is -2.28. The number of thiazole rings is 1. The van der Waals surface area contributed by atoms with Crippen molar-refractivity contribution in [3.8, 4) is 18.1 Å². The van der Waals surface area contributed by atoms with E-state index >= 15 is 0 Å². The molecule has 1 fully saturated rings. The first-order valence-corrected chi connectivity index (χ1v) is 10.7. The molecule has 0 unspecified atom stereocenters. The fraction of sp³-hybridized carbons (Fsp3) is 0.421. The monoisotopic (exact) mass is 419 g/mol. The molecular weight excluding hydrogens is 398 g/mol. The standard InChI is InChI=1S/C19H21N3O4S2/c1-3-6-22-15-5-4-14(25-2)11-16(15)28-19(22)20-17(23)12-27-13-18(24)21-7-9-26-10-8-21/h1,4-5,11H,6-10,12-13H2,2H3. The van der Waals surface area contributed by atoms with Gasteiger partial charge in [-0.3, -0.25) is 9.59 Å². The van der Waals surface area contributed by atoms with Crippen LogP contribution in [-0.2, 0) is 20.9 Å². The molecule has 0 spiro atoms. The Balaban J connectivity index is 1.68. The Kier molecular flexibility index (Phi) is 7.14. The molecule has 148 valence electrons. The van der Waals surface area contributed by atoms with Gasteiger partial charge in [0, 0.05) is 13.1 Å². The Labute approximate surface area is 171 Å². The SMILES string of the molecule is C#CCn1c(=NC(=O)CSCC(=O)N2CCOCC2)sc2cc(OC)ccc21. The van der Waals surface area contributed by atoms with Crippen molar-refractivity contribution in [3.63, 3.8) is 0 Å². The number of nitrogens with zero attached hydrogens (tertiary/aromatic N) is 3. The van der Waals surface area contributed by atoms with Gasteiger partial charge in [0.1, 0.15) is 5.75 Å². The third-order valence-electron chi connectivity index (χ3n) is 4.17. The maximum atomic E-state index is 12.3. The van der Waals surface area contributed by atoms with Gasteiger partial charge in [-0.15, -0.1) is 18.2 Å². The van der Waals surface area contributed by atoms with Crippen molar-refractivity contribution < 1.29 is 19.1 Å². The molecule has 0 N–H and O–H groups in total. The van der Waals surface area contributed by atoms with Crippen LogP contribution in [0.2, 0.25) is 0 Å². The molecule has 0 saturated carbocycles. The number of thioether (sulfide) groups is 1. The van der Waals surface area contributed by atoms with Gasteiger partial charge in [-0.25, -0.2) is 0 Å². The van der Waals surface area contributed by atoms with Gasteiger partial charge in [0.05, 0.1) is 48.6 Å². The first kappa shape index (κ1) is 20.5. The van der Waals surface area contributed by atoms with Crippen LogP contribution in [0.15, 0.2) is 23.2 Å². The summed E-state index contributed by atoms with van der Waals surface area (Å²) in [6.07, 6.45) is 5.48. The van der Waals surface area contributed by atoms with E-state index in [1.807, 2.05) is 22.8 Å². The van der Waals surface area contributed by atoms with Crippen LogP contribution in [0.25, 0.3) is 10.2 Å². The zero-order valence-corrected chi connectivity index (χ0v) is 17.2. The second kappa shape index (κ2) is 9.78. The number of morpholine rings is 1. The summed E-state index contributed by atoms with van der Waals surface area (Å²) < 4.78 is 13.3. The number of hydrogen-bond acceptors (Lipinski definition) is 6. The summed E-state index contributed by atoms with van der Waals surface area (Å²) in [4.78, 5) is 31.0. The second-order valence-electron chi connectivity index (χ2n) is 6.00. The number of methoxy groups -OCH3 is 1. The maximum Gasteiger partial charge on any atom is 0.258 e. The van der Waals surface area contributed by atoms with E-state index in [1.54, 1.807) is 12.0 Å². The number of carbonyl (C=O) groups is 2. The highest BCUT2D eigenvalue weighted by Crippen LogP contribution is 2.23. The molecule has 2 aromatic rings. The minimum Gasteiger partial charge on any atom is -0.497 e. The van der Waals surface area contributed by atoms with Crippen molar-refractivity contribution in [1.29, 1.82) is 0 Å². The third-order valence-corrected chi connectivity index (χ3v) is 6.12. The van der Waals surface area contributed by atoms with E-state index in [0.29, 0.717) is 37.6 Å². The van der Waals surface area contributed by atoms with Gasteiger partial charge < -0.3 is 18.9 Å². The first-order valence-electron chi connectivity index (χ1n) is 8.74. The molecule has 0 bridgehead atoms. The molecule has 0 aliphatic carbocycles. The molecule has 1 aromatic heterocycles. The van der Waals surface area contributed by atoms with Crippen molar-refractivity contribution in [2.24, 2.45) is 4.99 Å². The molecule has 2 amide bonds. The van der Waals surface area contributed by atoms with Gasteiger partial charge in [-0.05, 0) is 18.2 Å². The summed E-state index contributed by atoms with van der Waals surface area (Å²) in [7, 11) is 1.61. The van der Waals surface area contributed by atoms with E-state index in [1.165, 1.54) is 23.1 Å².